The summed E-state index contributed by atoms with van der Waals surface area (Å²) in [7, 11) is 0. The smallest absolute Gasteiger partial charge is 0.261 e. The summed E-state index contributed by atoms with van der Waals surface area (Å²) in [5.74, 6) is -1.25. The number of halogens is 2. The molecule has 1 aliphatic carbocycles. The molecule has 0 spiro atoms. The standard InChI is InChI=1S/C22H16F2N4O/c23-18-7-15(13-5-6-14-10-26-27-21(14)9-13)8-19(24)17(18)11-28-12-25-20-4-2-1-3-16(20)22(28)29/h1-10,12,14,21,27H,11H2. The second kappa shape index (κ2) is 6.77. The van der Waals surface area contributed by atoms with Gasteiger partial charge in [0.2, 0.25) is 0 Å². The number of fused-ring (bicyclic) bond motifs is 2. The van der Waals surface area contributed by atoms with E-state index in [2.05, 4.69) is 15.5 Å². The van der Waals surface area contributed by atoms with Crippen LogP contribution in [0.15, 0.2) is 70.8 Å². The van der Waals surface area contributed by atoms with Crippen LogP contribution in [0.1, 0.15) is 11.1 Å². The van der Waals surface area contributed by atoms with E-state index in [1.807, 2.05) is 18.2 Å². The molecule has 2 aliphatic rings. The van der Waals surface area contributed by atoms with Gasteiger partial charge in [0, 0.05) is 17.7 Å². The number of allylic oxidation sites excluding steroid dienone is 2. The Kier molecular flexibility index (Phi) is 4.08. The third-order valence-corrected chi connectivity index (χ3v) is 5.28. The van der Waals surface area contributed by atoms with Gasteiger partial charge < -0.3 is 5.43 Å². The highest BCUT2D eigenvalue weighted by molar-refractivity contribution is 5.80. The first-order valence-corrected chi connectivity index (χ1v) is 9.21. The molecule has 0 bridgehead atoms. The average molecular weight is 390 g/mol. The summed E-state index contributed by atoms with van der Waals surface area (Å²) in [6.07, 6.45) is 8.81. The molecule has 5 rings (SSSR count). The lowest BCUT2D eigenvalue weighted by Crippen LogP contribution is -2.26. The minimum Gasteiger partial charge on any atom is -0.302 e. The van der Waals surface area contributed by atoms with E-state index in [0.29, 0.717) is 16.5 Å². The van der Waals surface area contributed by atoms with Gasteiger partial charge in [0.1, 0.15) is 11.6 Å². The minimum atomic E-state index is -0.702. The van der Waals surface area contributed by atoms with Crippen molar-refractivity contribution in [1.29, 1.82) is 0 Å². The number of benzene rings is 2. The zero-order chi connectivity index (χ0) is 20.0. The SMILES string of the molecule is O=c1c2ccccc2ncn1Cc1c(F)cc(C2=CC3NN=CC3C=C2)cc1F. The number of hydrogen-bond donors (Lipinski definition) is 1. The number of aromatic nitrogens is 2. The quantitative estimate of drug-likeness (QED) is 0.747. The van der Waals surface area contributed by atoms with E-state index in [0.717, 1.165) is 5.57 Å². The number of hydrazone groups is 1. The number of para-hydroxylation sites is 1. The molecule has 2 heterocycles. The predicted octanol–water partition coefficient (Wildman–Crippen LogP) is 3.25. The predicted molar refractivity (Wildman–Crippen MR) is 107 cm³/mol. The topological polar surface area (TPSA) is 59.3 Å². The molecule has 0 radical (unpaired) electrons. The van der Waals surface area contributed by atoms with Crippen molar-refractivity contribution in [3.63, 3.8) is 0 Å². The maximum Gasteiger partial charge on any atom is 0.261 e. The first kappa shape index (κ1) is 17.5. The van der Waals surface area contributed by atoms with Crippen molar-refractivity contribution in [2.45, 2.75) is 12.6 Å². The van der Waals surface area contributed by atoms with E-state index in [1.165, 1.54) is 23.0 Å². The highest BCUT2D eigenvalue weighted by Crippen LogP contribution is 2.28. The maximum absolute atomic E-state index is 14.8. The van der Waals surface area contributed by atoms with Gasteiger partial charge in [0.15, 0.2) is 0 Å². The lowest BCUT2D eigenvalue weighted by atomic mass is 9.90. The lowest BCUT2D eigenvalue weighted by Gasteiger charge is -2.18. The van der Waals surface area contributed by atoms with Gasteiger partial charge in [-0.2, -0.15) is 5.10 Å². The third kappa shape index (κ3) is 3.04. The van der Waals surface area contributed by atoms with Crippen molar-refractivity contribution < 1.29 is 8.78 Å². The Labute approximate surface area is 164 Å². The normalized spacial score (nSPS) is 19.9. The van der Waals surface area contributed by atoms with Gasteiger partial charge in [-0.05, 0) is 35.4 Å². The van der Waals surface area contributed by atoms with E-state index < -0.39 is 11.6 Å². The molecule has 1 aromatic heterocycles. The van der Waals surface area contributed by atoms with Crippen LogP contribution in [-0.4, -0.2) is 21.8 Å². The van der Waals surface area contributed by atoms with E-state index >= 15 is 0 Å². The Bertz CT molecular complexity index is 1250. The molecule has 1 N–H and O–H groups in total. The van der Waals surface area contributed by atoms with E-state index in [9.17, 15) is 13.6 Å². The van der Waals surface area contributed by atoms with Gasteiger partial charge in [-0.1, -0.05) is 30.4 Å². The zero-order valence-electron chi connectivity index (χ0n) is 15.2. The van der Waals surface area contributed by atoms with E-state index in [4.69, 9.17) is 0 Å². The Morgan fingerprint density at radius 1 is 1.14 bits per heavy atom. The molecule has 5 nitrogen and oxygen atoms in total. The molecular formula is C22H16F2N4O. The molecule has 2 unspecified atom stereocenters. The minimum absolute atomic E-state index is 0.0111. The summed E-state index contributed by atoms with van der Waals surface area (Å²) in [6.45, 7) is -0.233. The molecule has 0 saturated heterocycles. The van der Waals surface area contributed by atoms with Gasteiger partial charge in [0.25, 0.3) is 5.56 Å². The highest BCUT2D eigenvalue weighted by atomic mass is 19.1. The van der Waals surface area contributed by atoms with Crippen molar-refractivity contribution in [1.82, 2.24) is 15.0 Å². The van der Waals surface area contributed by atoms with Gasteiger partial charge >= 0.3 is 0 Å². The van der Waals surface area contributed by atoms with Crippen molar-refractivity contribution in [2.75, 3.05) is 0 Å². The molecule has 0 amide bonds. The molecule has 0 fully saturated rings. The van der Waals surface area contributed by atoms with Crippen LogP contribution in [0.4, 0.5) is 8.78 Å². The molecule has 2 atom stereocenters. The second-order valence-corrected chi connectivity index (χ2v) is 7.10. The fourth-order valence-electron chi connectivity index (χ4n) is 3.68. The fourth-order valence-corrected chi connectivity index (χ4v) is 3.68. The highest BCUT2D eigenvalue weighted by Gasteiger charge is 2.24. The van der Waals surface area contributed by atoms with E-state index in [1.54, 1.807) is 30.5 Å². The largest absolute Gasteiger partial charge is 0.302 e. The van der Waals surface area contributed by atoms with Crippen molar-refractivity contribution in [3.05, 3.63) is 94.1 Å². The summed E-state index contributed by atoms with van der Waals surface area (Å²) >= 11 is 0. The van der Waals surface area contributed by atoms with E-state index in [-0.39, 0.29) is 29.6 Å². The molecule has 2 aromatic carbocycles. The summed E-state index contributed by atoms with van der Waals surface area (Å²) in [5, 5.41) is 4.43. The van der Waals surface area contributed by atoms with Crippen molar-refractivity contribution in [2.24, 2.45) is 11.0 Å². The third-order valence-electron chi connectivity index (χ3n) is 5.28. The summed E-state index contributed by atoms with van der Waals surface area (Å²) in [4.78, 5) is 16.8. The molecule has 0 saturated carbocycles. The molecule has 144 valence electrons. The number of nitrogens with zero attached hydrogens (tertiary/aromatic N) is 3. The van der Waals surface area contributed by atoms with Crippen LogP contribution >= 0.6 is 0 Å². The van der Waals surface area contributed by atoms with Crippen LogP contribution in [0.25, 0.3) is 16.5 Å². The van der Waals surface area contributed by atoms with Crippen LogP contribution < -0.4 is 11.0 Å². The summed E-state index contributed by atoms with van der Waals surface area (Å²) in [5.41, 5.74) is 4.16. The second-order valence-electron chi connectivity index (χ2n) is 7.10. The monoisotopic (exact) mass is 390 g/mol. The van der Waals surface area contributed by atoms with Crippen molar-refractivity contribution in [3.8, 4) is 0 Å². The van der Waals surface area contributed by atoms with Crippen molar-refractivity contribution >= 4 is 22.7 Å². The Morgan fingerprint density at radius 3 is 2.76 bits per heavy atom. The molecular weight excluding hydrogens is 374 g/mol. The van der Waals surface area contributed by atoms with Gasteiger partial charge in [-0.3, -0.25) is 9.36 Å². The first-order valence-electron chi connectivity index (χ1n) is 9.21. The zero-order valence-corrected chi connectivity index (χ0v) is 15.2. The number of nitrogens with one attached hydrogen (secondary N) is 1. The molecule has 3 aromatic rings. The molecule has 1 aliphatic heterocycles. The van der Waals surface area contributed by atoms with Gasteiger partial charge in [0.05, 0.1) is 29.8 Å². The van der Waals surface area contributed by atoms with Crippen LogP contribution in [0.5, 0.6) is 0 Å². The van der Waals surface area contributed by atoms with Crippen LogP contribution in [0.2, 0.25) is 0 Å². The Hall–Kier alpha value is -3.61. The Morgan fingerprint density at radius 2 is 1.93 bits per heavy atom. The molecule has 29 heavy (non-hydrogen) atoms. The van der Waals surface area contributed by atoms with Gasteiger partial charge in [-0.15, -0.1) is 0 Å². The summed E-state index contributed by atoms with van der Waals surface area (Å²) < 4.78 is 30.8. The average Bonchev–Trinajstić information content (AvgIpc) is 3.20. The number of hydrogen-bond acceptors (Lipinski definition) is 4. The lowest BCUT2D eigenvalue weighted by molar-refractivity contribution is 0.540. The fraction of sp³-hybridized carbons (Fsp3) is 0.136. The summed E-state index contributed by atoms with van der Waals surface area (Å²) in [6, 6.07) is 9.45. The van der Waals surface area contributed by atoms with Crippen LogP contribution in [0, 0.1) is 17.6 Å². The number of rotatable bonds is 3. The van der Waals surface area contributed by atoms with Crippen LogP contribution in [-0.2, 0) is 6.54 Å². The first-order chi connectivity index (χ1) is 14.1. The van der Waals surface area contributed by atoms with Crippen LogP contribution in [0.3, 0.4) is 0 Å². The maximum atomic E-state index is 14.8. The van der Waals surface area contributed by atoms with Gasteiger partial charge in [-0.25, -0.2) is 13.8 Å². The Balaban J connectivity index is 1.49. The molecule has 7 heteroatoms.